The highest BCUT2D eigenvalue weighted by atomic mass is 35.7. The van der Waals surface area contributed by atoms with Crippen LogP contribution in [0.4, 0.5) is 123 Å². The van der Waals surface area contributed by atoms with Crippen LogP contribution in [0, 0.1) is 11.8 Å². The Morgan fingerprint density at radius 2 is 0.672 bits per heavy atom. The third-order valence-electron chi connectivity index (χ3n) is 8.99. The Labute approximate surface area is 352 Å². The lowest BCUT2D eigenvalue weighted by atomic mass is 9.84. The number of rotatable bonds is 20. The first kappa shape index (κ1) is 66.3. The summed E-state index contributed by atoms with van der Waals surface area (Å²) in [4.78, 5) is 3.22. The molecule has 2 atom stereocenters. The molecule has 0 heterocycles. The van der Waals surface area contributed by atoms with Crippen molar-refractivity contribution in [3.8, 4) is 0 Å². The molecule has 0 bridgehead atoms. The van der Waals surface area contributed by atoms with E-state index < -0.39 is 182 Å². The highest BCUT2D eigenvalue weighted by Gasteiger charge is 2.75. The zero-order valence-electron chi connectivity index (χ0n) is 31.1. The maximum Gasteiger partial charge on any atom is 0.431 e. The molecule has 0 aliphatic heterocycles. The van der Waals surface area contributed by atoms with Crippen molar-refractivity contribution in [1.29, 1.82) is 0 Å². The van der Waals surface area contributed by atoms with Gasteiger partial charge in [0.1, 0.15) is 0 Å². The molecular formula is C29H32ClF28NO3S2. The third kappa shape index (κ3) is 18.3. The van der Waals surface area contributed by atoms with E-state index in [9.17, 15) is 131 Å². The molecule has 0 rings (SSSR count). The van der Waals surface area contributed by atoms with E-state index in [1.54, 1.807) is 5.16 Å². The van der Waals surface area contributed by atoms with Crippen LogP contribution >= 0.6 is 22.9 Å². The van der Waals surface area contributed by atoms with Gasteiger partial charge in [0.05, 0.1) is 10.9 Å². The number of hydrogen-bond donors (Lipinski definition) is 0. The summed E-state index contributed by atoms with van der Waals surface area (Å²) in [6.07, 6.45) is -68.5. The van der Waals surface area contributed by atoms with Gasteiger partial charge in [0.25, 0.3) is 22.7 Å². The fourth-order valence-electron chi connectivity index (χ4n) is 5.37. The summed E-state index contributed by atoms with van der Waals surface area (Å²) < 4.78 is 379. The molecule has 0 amide bonds. The Balaban J connectivity index is -0.00000115. The molecule has 0 saturated heterocycles. The van der Waals surface area contributed by atoms with Crippen LogP contribution in [0.1, 0.15) is 77.0 Å². The Kier molecular flexibility index (Phi) is 23.7. The highest BCUT2D eigenvalue weighted by Crippen LogP contribution is 2.54. The molecular weight excluding hydrogens is 1040 g/mol. The maximum atomic E-state index is 13.9. The van der Waals surface area contributed by atoms with E-state index >= 15 is 0 Å². The number of halogens is 29. The van der Waals surface area contributed by atoms with Crippen LogP contribution in [-0.2, 0) is 9.05 Å². The second-order valence-corrected chi connectivity index (χ2v) is 16.7. The van der Waals surface area contributed by atoms with Gasteiger partial charge >= 0.3 is 49.4 Å². The second kappa shape index (κ2) is 22.9. The van der Waals surface area contributed by atoms with Crippen molar-refractivity contribution in [2.24, 2.45) is 16.8 Å². The smallest absolute Gasteiger partial charge is 0.412 e. The molecule has 0 spiro atoms. The first-order valence-corrected chi connectivity index (χ1v) is 19.6. The largest absolute Gasteiger partial charge is 0.431 e. The molecule has 0 aromatic carbocycles. The van der Waals surface area contributed by atoms with Gasteiger partial charge in [0.15, 0.2) is 0 Å². The first-order chi connectivity index (χ1) is 27.4. The van der Waals surface area contributed by atoms with Gasteiger partial charge in [-0.3, -0.25) is 0 Å². The Morgan fingerprint density at radius 1 is 0.422 bits per heavy atom. The van der Waals surface area contributed by atoms with E-state index in [2.05, 4.69) is 17.2 Å². The molecule has 0 aliphatic carbocycles. The fraction of sp³-hybridized carbons (Fsp3) is 0.966. The summed E-state index contributed by atoms with van der Waals surface area (Å²) in [5.74, 6) is -5.21. The van der Waals surface area contributed by atoms with Crippen LogP contribution in [0.15, 0.2) is 4.99 Å². The predicted molar refractivity (Wildman–Crippen MR) is 169 cm³/mol. The number of nitrogens with zero attached hydrogens (tertiary/aromatic N) is 1. The maximum absolute atomic E-state index is 13.9. The van der Waals surface area contributed by atoms with Gasteiger partial charge in [-0.1, -0.05) is 25.7 Å². The van der Waals surface area contributed by atoms with E-state index in [-0.39, 0.29) is 5.48 Å². The number of thiocarbonyl (C=S) groups is 1. The minimum Gasteiger partial charge on any atom is -0.412 e. The molecule has 64 heavy (non-hydrogen) atoms. The van der Waals surface area contributed by atoms with Crippen LogP contribution in [0.25, 0.3) is 0 Å². The quantitative estimate of drug-likeness (QED) is 0.0401. The zero-order valence-corrected chi connectivity index (χ0v) is 33.5. The van der Waals surface area contributed by atoms with Gasteiger partial charge in [-0.15, -0.1) is 0 Å². The number of alkyl halides is 28. The lowest BCUT2D eigenvalue weighted by Gasteiger charge is -2.33. The van der Waals surface area contributed by atoms with Gasteiger partial charge in [0, 0.05) is 30.1 Å². The molecule has 0 radical (unpaired) electrons. The standard InChI is InChI=1S/C15H15F14NS.C14H15ClF14O2S.H2O/c16-10(12(18,19)20,13(21,22)23)5-2-1-3-9(4-6-30-8-31)7-11(17,14(24,25)26)15(27,28)29;15-32(30,31)6-4-8(7-10(17,13(24,25)26)14(27,28)29)3-1-2-5-9(16,11(18,19)20)12(21,22)23;/h9H,1-7H2;8H,1-7H2;1H2. The molecule has 2 N–H and O–H groups in total. The van der Waals surface area contributed by atoms with Crippen molar-refractivity contribution in [2.75, 3.05) is 12.3 Å². The summed E-state index contributed by atoms with van der Waals surface area (Å²) >= 11 is 4.14. The minimum absolute atomic E-state index is 0. The van der Waals surface area contributed by atoms with Crippen molar-refractivity contribution in [3.63, 3.8) is 0 Å². The summed E-state index contributed by atoms with van der Waals surface area (Å²) in [7, 11) is 0.276. The number of unbranched alkanes of at least 4 members (excludes halogenated alkanes) is 2. The molecule has 386 valence electrons. The Hall–Kier alpha value is -1.96. The summed E-state index contributed by atoms with van der Waals surface area (Å²) in [5, 5.41) is 1.74. The van der Waals surface area contributed by atoms with E-state index in [0.717, 1.165) is 0 Å². The molecule has 0 saturated carbocycles. The summed E-state index contributed by atoms with van der Waals surface area (Å²) in [5.41, 5.74) is -22.8. The van der Waals surface area contributed by atoms with Gasteiger partial charge in [0.2, 0.25) is 9.05 Å². The van der Waals surface area contributed by atoms with Crippen molar-refractivity contribution in [2.45, 2.75) is 149 Å². The summed E-state index contributed by atoms with van der Waals surface area (Å²) in [6, 6.07) is 0. The van der Waals surface area contributed by atoms with Crippen LogP contribution in [-0.4, -0.2) is 103 Å². The van der Waals surface area contributed by atoms with E-state index in [4.69, 9.17) is 10.7 Å². The van der Waals surface area contributed by atoms with E-state index in [1.807, 2.05) is 0 Å². The average Bonchev–Trinajstić information content (AvgIpc) is 3.02. The van der Waals surface area contributed by atoms with Gasteiger partial charge in [-0.25, -0.2) is 31.0 Å². The molecule has 0 aromatic heterocycles. The monoisotopic (exact) mass is 1070 g/mol. The third-order valence-corrected chi connectivity index (χ3v) is 10.3. The van der Waals surface area contributed by atoms with E-state index in [0.29, 0.717) is 0 Å². The van der Waals surface area contributed by atoms with Gasteiger partial charge in [-0.2, -0.15) is 105 Å². The molecule has 0 aliphatic rings. The molecule has 0 aromatic rings. The Morgan fingerprint density at radius 3 is 0.891 bits per heavy atom. The predicted octanol–water partition coefficient (Wildman–Crippen LogP) is 14.1. The van der Waals surface area contributed by atoms with Crippen molar-refractivity contribution in [3.05, 3.63) is 0 Å². The second-order valence-electron chi connectivity index (χ2n) is 13.6. The van der Waals surface area contributed by atoms with Crippen molar-refractivity contribution < 1.29 is 137 Å². The van der Waals surface area contributed by atoms with Crippen LogP contribution in [0.3, 0.4) is 0 Å². The first-order valence-electron chi connectivity index (χ1n) is 16.7. The van der Waals surface area contributed by atoms with E-state index in [1.165, 1.54) is 0 Å². The molecule has 35 heteroatoms. The zero-order chi connectivity index (χ0) is 51.0. The summed E-state index contributed by atoms with van der Waals surface area (Å²) in [6.45, 7) is -0.516. The van der Waals surface area contributed by atoms with Crippen LogP contribution < -0.4 is 0 Å². The van der Waals surface area contributed by atoms with Gasteiger partial charge in [-0.05, 0) is 62.6 Å². The Bertz CT molecular complexity index is 1500. The van der Waals surface area contributed by atoms with Crippen LogP contribution in [0.2, 0.25) is 0 Å². The number of hydrogen-bond acceptors (Lipinski definition) is 4. The number of isothiocyanates is 1. The fourth-order valence-corrected chi connectivity index (χ4v) is 6.34. The lowest BCUT2D eigenvalue weighted by molar-refractivity contribution is -0.347. The number of aliphatic imine (C=N–C) groups is 1. The average molecular weight is 1070 g/mol. The normalized spacial score (nSPS) is 15.7. The topological polar surface area (TPSA) is 78.0 Å². The van der Waals surface area contributed by atoms with Crippen molar-refractivity contribution in [1.82, 2.24) is 0 Å². The highest BCUT2D eigenvalue weighted by molar-refractivity contribution is 8.13. The SMILES string of the molecule is FC(F)(F)C(F)(CCCCC(CCN=C=S)CC(F)(C(F)(F)F)C(F)(F)F)C(F)(F)F.O.O=S(=O)(Cl)CCC(CCCCC(F)(C(F)(F)F)C(F)(F)F)CC(F)(C(F)(F)F)C(F)(F)F. The molecule has 0 fully saturated rings. The molecule has 4 nitrogen and oxygen atoms in total. The van der Waals surface area contributed by atoms with Crippen LogP contribution in [0.5, 0.6) is 0 Å². The molecule has 2 unspecified atom stereocenters. The van der Waals surface area contributed by atoms with Gasteiger partial charge < -0.3 is 5.48 Å². The minimum atomic E-state index is -6.52. The lowest BCUT2D eigenvalue weighted by Crippen LogP contribution is -2.54. The van der Waals surface area contributed by atoms with Crippen molar-refractivity contribution >= 4 is 37.1 Å².